The monoisotopic (exact) mass is 224 g/mol. The van der Waals surface area contributed by atoms with Crippen molar-refractivity contribution in [1.82, 2.24) is 4.98 Å². The highest BCUT2D eigenvalue weighted by atomic mass is 32.2. The number of nitrogens with one attached hydrogen (secondary N) is 1. The van der Waals surface area contributed by atoms with Gasteiger partial charge in [0, 0.05) is 19.0 Å². The average molecular weight is 224 g/mol. The third kappa shape index (κ3) is 5.07. The molecule has 1 aromatic heterocycles. The van der Waals surface area contributed by atoms with Crippen LogP contribution >= 0.6 is 11.8 Å². The molecule has 3 heteroatoms. The van der Waals surface area contributed by atoms with Crippen molar-refractivity contribution < 1.29 is 0 Å². The van der Waals surface area contributed by atoms with Crippen molar-refractivity contribution in [2.45, 2.75) is 26.0 Å². The zero-order chi connectivity index (χ0) is 11.1. The fourth-order valence-corrected chi connectivity index (χ4v) is 2.36. The minimum Gasteiger partial charge on any atom is -0.373 e. The maximum absolute atomic E-state index is 4.29. The van der Waals surface area contributed by atoms with Crippen molar-refractivity contribution in [3.05, 3.63) is 23.9 Å². The van der Waals surface area contributed by atoms with E-state index in [-0.39, 0.29) is 0 Å². The van der Waals surface area contributed by atoms with E-state index < -0.39 is 0 Å². The van der Waals surface area contributed by atoms with E-state index in [0.717, 1.165) is 17.5 Å². The van der Waals surface area contributed by atoms with Gasteiger partial charge in [-0.05, 0) is 29.7 Å². The number of rotatable bonds is 6. The minimum atomic E-state index is 0.808. The molecule has 1 heterocycles. The molecule has 0 aromatic carbocycles. The minimum absolute atomic E-state index is 0.808. The molecule has 0 bridgehead atoms. The van der Waals surface area contributed by atoms with Gasteiger partial charge in [0.2, 0.25) is 0 Å². The van der Waals surface area contributed by atoms with Crippen LogP contribution in [0.25, 0.3) is 0 Å². The van der Waals surface area contributed by atoms with Gasteiger partial charge in [-0.25, -0.2) is 4.98 Å². The Labute approximate surface area is 96.9 Å². The summed E-state index contributed by atoms with van der Waals surface area (Å²) in [5, 5.41) is 3.02. The molecular weight excluding hydrogens is 204 g/mol. The van der Waals surface area contributed by atoms with Crippen LogP contribution in [0.4, 0.5) is 5.82 Å². The lowest BCUT2D eigenvalue weighted by Crippen LogP contribution is -1.93. The van der Waals surface area contributed by atoms with Gasteiger partial charge < -0.3 is 5.32 Å². The Balaban J connectivity index is 2.25. The van der Waals surface area contributed by atoms with Crippen LogP contribution in [-0.4, -0.2) is 17.8 Å². The Bertz CT molecular complexity index is 269. The van der Waals surface area contributed by atoms with Crippen LogP contribution in [0.2, 0.25) is 0 Å². The van der Waals surface area contributed by atoms with Crippen molar-refractivity contribution in [3.63, 3.8) is 0 Å². The molecule has 0 unspecified atom stereocenters. The lowest BCUT2D eigenvalue weighted by Gasteiger charge is -2.05. The van der Waals surface area contributed by atoms with E-state index in [4.69, 9.17) is 0 Å². The second-order valence-corrected chi connectivity index (χ2v) is 5.14. The number of aromatic nitrogens is 1. The van der Waals surface area contributed by atoms with Crippen molar-refractivity contribution in [1.29, 1.82) is 0 Å². The van der Waals surface area contributed by atoms with Gasteiger partial charge in [0.25, 0.3) is 0 Å². The highest BCUT2D eigenvalue weighted by molar-refractivity contribution is 7.98. The molecule has 1 N–H and O–H groups in total. The van der Waals surface area contributed by atoms with Crippen LogP contribution in [-0.2, 0) is 5.75 Å². The summed E-state index contributed by atoms with van der Waals surface area (Å²) in [7, 11) is 1.89. The molecule has 0 aliphatic heterocycles. The number of hydrogen-bond acceptors (Lipinski definition) is 3. The third-order valence-electron chi connectivity index (χ3n) is 2.19. The first-order chi connectivity index (χ1) is 7.22. The zero-order valence-corrected chi connectivity index (χ0v) is 10.6. The molecular formula is C12H20N2S. The van der Waals surface area contributed by atoms with Crippen molar-refractivity contribution in [2.24, 2.45) is 5.92 Å². The normalized spacial score (nSPS) is 10.7. The molecule has 15 heavy (non-hydrogen) atoms. The third-order valence-corrected chi connectivity index (χ3v) is 3.25. The lowest BCUT2D eigenvalue weighted by atomic mass is 10.2. The van der Waals surface area contributed by atoms with E-state index in [1.165, 1.54) is 17.7 Å². The van der Waals surface area contributed by atoms with Gasteiger partial charge in [0.05, 0.1) is 0 Å². The quantitative estimate of drug-likeness (QED) is 0.750. The second-order valence-electron chi connectivity index (χ2n) is 4.04. The molecule has 0 spiro atoms. The van der Waals surface area contributed by atoms with Crippen LogP contribution in [0.15, 0.2) is 18.3 Å². The summed E-state index contributed by atoms with van der Waals surface area (Å²) in [5.41, 5.74) is 1.31. The van der Waals surface area contributed by atoms with Gasteiger partial charge in [-0.2, -0.15) is 11.8 Å². The fraction of sp³-hybridized carbons (Fsp3) is 0.583. The Morgan fingerprint density at radius 1 is 1.40 bits per heavy atom. The van der Waals surface area contributed by atoms with Crippen molar-refractivity contribution >= 4 is 17.6 Å². The molecule has 84 valence electrons. The number of pyridine rings is 1. The molecule has 0 saturated heterocycles. The van der Waals surface area contributed by atoms with Crippen LogP contribution < -0.4 is 5.32 Å². The first-order valence-corrected chi connectivity index (χ1v) is 6.58. The highest BCUT2D eigenvalue weighted by Gasteiger charge is 1.97. The van der Waals surface area contributed by atoms with E-state index >= 15 is 0 Å². The smallest absolute Gasteiger partial charge is 0.125 e. The topological polar surface area (TPSA) is 24.9 Å². The molecule has 1 aromatic rings. The Hall–Kier alpha value is -0.700. The maximum Gasteiger partial charge on any atom is 0.125 e. The summed E-state index contributed by atoms with van der Waals surface area (Å²) in [5.74, 6) is 4.06. The molecule has 0 aliphatic rings. The second kappa shape index (κ2) is 6.72. The Kier molecular flexibility index (Phi) is 5.54. The molecule has 0 amide bonds. The molecule has 0 fully saturated rings. The molecule has 0 saturated carbocycles. The first kappa shape index (κ1) is 12.4. The van der Waals surface area contributed by atoms with Gasteiger partial charge in [-0.3, -0.25) is 0 Å². The predicted molar refractivity (Wildman–Crippen MR) is 69.4 cm³/mol. The average Bonchev–Trinajstić information content (AvgIpc) is 2.25. The summed E-state index contributed by atoms with van der Waals surface area (Å²) in [6.45, 7) is 4.54. The fourth-order valence-electron chi connectivity index (χ4n) is 1.17. The van der Waals surface area contributed by atoms with Crippen LogP contribution in [0.3, 0.4) is 0 Å². The van der Waals surface area contributed by atoms with Crippen molar-refractivity contribution in [3.8, 4) is 0 Å². The van der Waals surface area contributed by atoms with Gasteiger partial charge in [0.1, 0.15) is 5.82 Å². The maximum atomic E-state index is 4.29. The first-order valence-electron chi connectivity index (χ1n) is 5.43. The highest BCUT2D eigenvalue weighted by Crippen LogP contribution is 2.15. The summed E-state index contributed by atoms with van der Waals surface area (Å²) < 4.78 is 0. The van der Waals surface area contributed by atoms with E-state index in [0.29, 0.717) is 0 Å². The summed E-state index contributed by atoms with van der Waals surface area (Å²) in [4.78, 5) is 4.29. The molecule has 0 aliphatic carbocycles. The Morgan fingerprint density at radius 2 is 2.20 bits per heavy atom. The van der Waals surface area contributed by atoms with Gasteiger partial charge in [-0.15, -0.1) is 0 Å². The summed E-state index contributed by atoms with van der Waals surface area (Å²) in [6.07, 6.45) is 3.25. The van der Waals surface area contributed by atoms with Gasteiger partial charge >= 0.3 is 0 Å². The molecule has 2 nitrogen and oxygen atoms in total. The SMILES string of the molecule is CNc1ccc(CSCCC(C)C)cn1. The lowest BCUT2D eigenvalue weighted by molar-refractivity contribution is 0.632. The molecule has 0 radical (unpaired) electrons. The molecule has 1 rings (SSSR count). The van der Waals surface area contributed by atoms with Gasteiger partial charge in [0.15, 0.2) is 0 Å². The summed E-state index contributed by atoms with van der Waals surface area (Å²) in [6, 6.07) is 4.17. The van der Waals surface area contributed by atoms with Crippen LogP contribution in [0, 0.1) is 5.92 Å². The van der Waals surface area contributed by atoms with E-state index in [9.17, 15) is 0 Å². The van der Waals surface area contributed by atoms with E-state index in [2.05, 4.69) is 30.2 Å². The largest absolute Gasteiger partial charge is 0.373 e. The van der Waals surface area contributed by atoms with Crippen LogP contribution in [0.5, 0.6) is 0 Å². The van der Waals surface area contributed by atoms with Crippen LogP contribution in [0.1, 0.15) is 25.8 Å². The predicted octanol–water partition coefficient (Wildman–Crippen LogP) is 3.40. The number of thioether (sulfide) groups is 1. The van der Waals surface area contributed by atoms with Gasteiger partial charge in [-0.1, -0.05) is 19.9 Å². The zero-order valence-electron chi connectivity index (χ0n) is 9.79. The van der Waals surface area contributed by atoms with Crippen molar-refractivity contribution in [2.75, 3.05) is 18.1 Å². The van der Waals surface area contributed by atoms with E-state index in [1.54, 1.807) is 0 Å². The standard InChI is InChI=1S/C12H20N2S/c1-10(2)6-7-15-9-11-4-5-12(13-3)14-8-11/h4-5,8,10H,6-7,9H2,1-3H3,(H,13,14). The molecule has 0 atom stereocenters. The summed E-state index contributed by atoms with van der Waals surface area (Å²) >= 11 is 1.99. The number of hydrogen-bond donors (Lipinski definition) is 1. The number of anilines is 1. The van der Waals surface area contributed by atoms with E-state index in [1.807, 2.05) is 31.1 Å². The Morgan fingerprint density at radius 3 is 2.73 bits per heavy atom. The number of nitrogens with zero attached hydrogens (tertiary/aromatic N) is 1.